The lowest BCUT2D eigenvalue weighted by atomic mass is 9.96. The Balaban J connectivity index is 1.20. The maximum atomic E-state index is 15.0. The number of aliphatic hydroxyl groups excluding tert-OH is 1. The molecular weight excluding hydrogens is 703 g/mol. The molecule has 1 aliphatic rings. The molecule has 6 atom stereocenters. The van der Waals surface area contributed by atoms with E-state index < -0.39 is 50.4 Å². The normalized spacial score (nSPS) is 21.6. The highest BCUT2D eigenvalue weighted by Gasteiger charge is 2.54. The summed E-state index contributed by atoms with van der Waals surface area (Å²) in [4.78, 5) is 26.3. The first-order valence-electron chi connectivity index (χ1n) is 16.6. The Morgan fingerprint density at radius 1 is 1.02 bits per heavy atom. The van der Waals surface area contributed by atoms with Crippen molar-refractivity contribution in [1.82, 2.24) is 24.6 Å². The van der Waals surface area contributed by atoms with Crippen LogP contribution in [0.5, 0.6) is 11.6 Å². The maximum Gasteiger partial charge on any atom is 0.459 e. The topological polar surface area (TPSA) is 202 Å². The fraction of sp³-hybridized carbons (Fsp3) is 0.243. The quantitative estimate of drug-likeness (QED) is 0.0924. The third kappa shape index (κ3) is 7.44. The summed E-state index contributed by atoms with van der Waals surface area (Å²) < 4.78 is 45.7. The third-order valence-electron chi connectivity index (χ3n) is 8.86. The number of imidazole rings is 1. The zero-order chi connectivity index (χ0) is 37.2. The van der Waals surface area contributed by atoms with Crippen molar-refractivity contribution in [2.45, 2.75) is 43.6 Å². The Hall–Kier alpha value is -5.41. The van der Waals surface area contributed by atoms with Gasteiger partial charge < -0.3 is 34.7 Å². The van der Waals surface area contributed by atoms with Crippen LogP contribution in [-0.2, 0) is 30.0 Å². The molecule has 5 N–H and O–H groups in total. The molecule has 7 rings (SSSR count). The van der Waals surface area contributed by atoms with Crippen LogP contribution in [0.3, 0.4) is 0 Å². The molecule has 16 heteroatoms. The summed E-state index contributed by atoms with van der Waals surface area (Å²) in [5.41, 5.74) is 5.57. The van der Waals surface area contributed by atoms with E-state index in [-0.39, 0.29) is 35.3 Å². The molecule has 6 aromatic rings. The third-order valence-corrected chi connectivity index (χ3v) is 10.4. The Kier molecular flexibility index (Phi) is 10.1. The lowest BCUT2D eigenvalue weighted by Crippen LogP contribution is -2.44. The molecule has 2 aromatic heterocycles. The number of hydrogen-bond donors (Lipinski definition) is 4. The van der Waals surface area contributed by atoms with E-state index in [1.54, 1.807) is 54.6 Å². The number of benzene rings is 4. The summed E-state index contributed by atoms with van der Waals surface area (Å²) in [6, 6.07) is 29.0. The van der Waals surface area contributed by atoms with Gasteiger partial charge in [0.15, 0.2) is 17.4 Å². The number of aliphatic hydroxyl groups is 2. The molecule has 1 saturated heterocycles. The molecular formula is C37H37N6O9P. The smallest absolute Gasteiger partial charge is 0.459 e. The van der Waals surface area contributed by atoms with Gasteiger partial charge in [0.2, 0.25) is 11.8 Å². The summed E-state index contributed by atoms with van der Waals surface area (Å²) in [6.07, 6.45) is -2.75. The van der Waals surface area contributed by atoms with Crippen LogP contribution in [0.4, 0.5) is 5.95 Å². The van der Waals surface area contributed by atoms with Crippen LogP contribution < -0.4 is 20.1 Å². The van der Waals surface area contributed by atoms with Crippen LogP contribution in [-0.4, -0.2) is 67.2 Å². The fourth-order valence-electron chi connectivity index (χ4n) is 6.14. The van der Waals surface area contributed by atoms with Crippen molar-refractivity contribution in [3.8, 4) is 11.6 Å². The average Bonchev–Trinajstić information content (AvgIpc) is 3.69. The zero-order valence-electron chi connectivity index (χ0n) is 28.7. The number of carbonyl (C=O) groups excluding carboxylic acids is 1. The monoisotopic (exact) mass is 740 g/mol. The second-order valence-electron chi connectivity index (χ2n) is 12.5. The molecule has 4 aromatic carbocycles. The predicted molar refractivity (Wildman–Crippen MR) is 194 cm³/mol. The van der Waals surface area contributed by atoms with Gasteiger partial charge in [0.1, 0.15) is 36.2 Å². The number of aromatic nitrogens is 4. The van der Waals surface area contributed by atoms with Gasteiger partial charge in [-0.3, -0.25) is 9.09 Å². The minimum Gasteiger partial charge on any atom is -0.479 e. The molecule has 2 unspecified atom stereocenters. The number of carbonyl (C=O) groups is 1. The van der Waals surface area contributed by atoms with Gasteiger partial charge in [0, 0.05) is 5.39 Å². The van der Waals surface area contributed by atoms with Gasteiger partial charge in [0.05, 0.1) is 20.0 Å². The molecule has 1 fully saturated rings. The number of nitrogens with two attached hydrogens (primary N) is 1. The Bertz CT molecular complexity index is 2270. The van der Waals surface area contributed by atoms with E-state index in [4.69, 9.17) is 29.0 Å². The van der Waals surface area contributed by atoms with Crippen LogP contribution in [0, 0.1) is 0 Å². The highest BCUT2D eigenvalue weighted by atomic mass is 31.2. The molecule has 0 amide bonds. The number of fused-ring (bicyclic) bond motifs is 2. The van der Waals surface area contributed by atoms with Gasteiger partial charge in [-0.05, 0) is 29.5 Å². The molecule has 0 aliphatic carbocycles. The van der Waals surface area contributed by atoms with Gasteiger partial charge in [-0.1, -0.05) is 97.1 Å². The van der Waals surface area contributed by atoms with Gasteiger partial charge in [-0.2, -0.15) is 15.1 Å². The van der Waals surface area contributed by atoms with E-state index in [2.05, 4.69) is 20.0 Å². The van der Waals surface area contributed by atoms with Crippen LogP contribution in [0.2, 0.25) is 0 Å². The summed E-state index contributed by atoms with van der Waals surface area (Å²) in [5, 5.41) is 27.2. The standard InChI is InChI=1S/C37H37N6O9P/c1-37(46)31(44)28(51-35(37)43-22-39-30-32(43)40-36(38)41-33(30)48-2)21-50-53(47,52-27-19-11-17-24-14-9-10-18-26(24)27)42-29(25-15-7-4-8-16-25)34(45)49-20-23-12-5-3-6-13-23/h3-19,22,28-29,31,35,44,46H,20-21H2,1-2H3,(H,42,47)(H2,38,40,41)/t28-,29-,31-,35?,37-,53?/m1/s1. The molecule has 0 bridgehead atoms. The summed E-state index contributed by atoms with van der Waals surface area (Å²) in [6.45, 7) is 0.773. The molecule has 1 aliphatic heterocycles. The van der Waals surface area contributed by atoms with Crippen LogP contribution >= 0.6 is 7.75 Å². The second kappa shape index (κ2) is 14.9. The number of ether oxygens (including phenoxy) is 3. The van der Waals surface area contributed by atoms with E-state index in [1.807, 2.05) is 48.5 Å². The highest BCUT2D eigenvalue weighted by Crippen LogP contribution is 2.50. The number of methoxy groups -OCH3 is 1. The lowest BCUT2D eigenvalue weighted by Gasteiger charge is -2.28. The number of rotatable bonds is 13. The van der Waals surface area contributed by atoms with Gasteiger partial charge >= 0.3 is 13.7 Å². The van der Waals surface area contributed by atoms with Crippen LogP contribution in [0.25, 0.3) is 21.9 Å². The first-order valence-corrected chi connectivity index (χ1v) is 18.2. The number of nitrogens with one attached hydrogen (secondary N) is 1. The molecule has 274 valence electrons. The van der Waals surface area contributed by atoms with Crippen molar-refractivity contribution in [3.05, 3.63) is 121 Å². The number of nitrogen functional groups attached to an aromatic ring is 1. The van der Waals surface area contributed by atoms with E-state index in [0.29, 0.717) is 10.9 Å². The molecule has 0 saturated carbocycles. The van der Waals surface area contributed by atoms with Crippen molar-refractivity contribution in [1.29, 1.82) is 0 Å². The summed E-state index contributed by atoms with van der Waals surface area (Å²) in [5.74, 6) is -0.536. The predicted octanol–water partition coefficient (Wildman–Crippen LogP) is 4.86. The SMILES string of the molecule is COc1nc(N)nc2c1ncn2C1O[C@H](COP(=O)(N[C@@H](C(=O)OCc2ccccc2)c2ccccc2)Oc2cccc3ccccc23)[C@@H](O)[C@@]1(C)O. The van der Waals surface area contributed by atoms with Gasteiger partial charge in [-0.15, -0.1) is 0 Å². The van der Waals surface area contributed by atoms with Crippen molar-refractivity contribution in [2.24, 2.45) is 0 Å². The van der Waals surface area contributed by atoms with E-state index in [9.17, 15) is 19.6 Å². The number of nitrogens with zero attached hydrogens (tertiary/aromatic N) is 4. The first kappa shape index (κ1) is 36.0. The first-order chi connectivity index (χ1) is 25.6. The maximum absolute atomic E-state index is 15.0. The minimum atomic E-state index is -4.57. The second-order valence-corrected chi connectivity index (χ2v) is 14.2. The molecule has 53 heavy (non-hydrogen) atoms. The Morgan fingerprint density at radius 3 is 2.47 bits per heavy atom. The average molecular weight is 741 g/mol. The van der Waals surface area contributed by atoms with Gasteiger partial charge in [0.25, 0.3) is 0 Å². The van der Waals surface area contributed by atoms with E-state index >= 15 is 0 Å². The largest absolute Gasteiger partial charge is 0.479 e. The Labute approximate surface area is 303 Å². The zero-order valence-corrected chi connectivity index (χ0v) is 29.6. The molecule has 15 nitrogen and oxygen atoms in total. The molecule has 0 spiro atoms. The van der Waals surface area contributed by atoms with Crippen LogP contribution in [0.1, 0.15) is 30.3 Å². The number of esters is 1. The highest BCUT2D eigenvalue weighted by molar-refractivity contribution is 7.52. The van der Waals surface area contributed by atoms with E-state index in [1.165, 1.54) is 24.9 Å². The summed E-state index contributed by atoms with van der Waals surface area (Å²) in [7, 11) is -3.17. The van der Waals surface area contributed by atoms with Crippen molar-refractivity contribution in [3.63, 3.8) is 0 Å². The number of anilines is 1. The van der Waals surface area contributed by atoms with Crippen LogP contribution in [0.15, 0.2) is 109 Å². The van der Waals surface area contributed by atoms with Crippen molar-refractivity contribution < 1.29 is 42.8 Å². The van der Waals surface area contributed by atoms with E-state index in [0.717, 1.165) is 10.9 Å². The fourth-order valence-corrected chi connectivity index (χ4v) is 7.66. The summed E-state index contributed by atoms with van der Waals surface area (Å²) >= 11 is 0. The molecule has 3 heterocycles. The molecule has 0 radical (unpaired) electrons. The Morgan fingerprint density at radius 2 is 1.72 bits per heavy atom. The number of hydrogen-bond acceptors (Lipinski definition) is 13. The van der Waals surface area contributed by atoms with Gasteiger partial charge in [-0.25, -0.2) is 14.3 Å². The lowest BCUT2D eigenvalue weighted by molar-refractivity contribution is -0.147. The van der Waals surface area contributed by atoms with Crippen molar-refractivity contribution in [2.75, 3.05) is 19.5 Å². The minimum absolute atomic E-state index is 0.0377. The van der Waals surface area contributed by atoms with Crippen molar-refractivity contribution >= 4 is 41.6 Å².